The van der Waals surface area contributed by atoms with Crippen LogP contribution in [-0.2, 0) is 10.0 Å². The number of carbonyl (C=O) groups is 1. The summed E-state index contributed by atoms with van der Waals surface area (Å²) in [5.41, 5.74) is 1.68. The molecule has 1 amide bonds. The standard InChI is InChI=1S/C17H20ClN3O3S/c1-20(2)13-7-5-12(6-8-13)19-17(22)15-11-14(9-10-16(15)18)25(23,24)21(3)4/h5-11H,1-4H3,(H,19,22). The highest BCUT2D eigenvalue weighted by molar-refractivity contribution is 7.89. The van der Waals surface area contributed by atoms with Crippen LogP contribution in [0.1, 0.15) is 10.4 Å². The number of hydrogen-bond donors (Lipinski definition) is 1. The van der Waals surface area contributed by atoms with E-state index in [1.807, 2.05) is 31.1 Å². The Kier molecular flexibility index (Phi) is 5.72. The number of nitrogens with zero attached hydrogens (tertiary/aromatic N) is 2. The van der Waals surface area contributed by atoms with Crippen molar-refractivity contribution < 1.29 is 13.2 Å². The van der Waals surface area contributed by atoms with E-state index in [-0.39, 0.29) is 15.5 Å². The van der Waals surface area contributed by atoms with Gasteiger partial charge in [0.25, 0.3) is 5.91 Å². The average molecular weight is 382 g/mol. The lowest BCUT2D eigenvalue weighted by atomic mass is 10.2. The third-order valence-corrected chi connectivity index (χ3v) is 5.74. The molecule has 0 atom stereocenters. The first-order valence-electron chi connectivity index (χ1n) is 7.44. The van der Waals surface area contributed by atoms with Gasteiger partial charge in [-0.1, -0.05) is 11.6 Å². The van der Waals surface area contributed by atoms with E-state index >= 15 is 0 Å². The van der Waals surface area contributed by atoms with E-state index in [0.29, 0.717) is 5.69 Å². The SMILES string of the molecule is CN(C)c1ccc(NC(=O)c2cc(S(=O)(=O)N(C)C)ccc2Cl)cc1. The Balaban J connectivity index is 2.30. The second-order valence-electron chi connectivity index (χ2n) is 5.82. The Morgan fingerprint density at radius 3 is 2.12 bits per heavy atom. The number of benzene rings is 2. The first kappa shape index (κ1) is 19.2. The largest absolute Gasteiger partial charge is 0.378 e. The first-order valence-corrected chi connectivity index (χ1v) is 9.25. The van der Waals surface area contributed by atoms with E-state index in [2.05, 4.69) is 5.32 Å². The monoisotopic (exact) mass is 381 g/mol. The molecule has 2 rings (SSSR count). The zero-order chi connectivity index (χ0) is 18.8. The number of nitrogens with one attached hydrogen (secondary N) is 1. The van der Waals surface area contributed by atoms with E-state index in [4.69, 9.17) is 11.6 Å². The summed E-state index contributed by atoms with van der Waals surface area (Å²) in [6.45, 7) is 0. The maximum absolute atomic E-state index is 12.5. The van der Waals surface area contributed by atoms with Crippen molar-refractivity contribution in [1.29, 1.82) is 0 Å². The molecule has 2 aromatic rings. The van der Waals surface area contributed by atoms with Crippen LogP contribution in [0.4, 0.5) is 11.4 Å². The molecular formula is C17H20ClN3O3S. The maximum atomic E-state index is 12.5. The van der Waals surface area contributed by atoms with Crippen molar-refractivity contribution in [2.24, 2.45) is 0 Å². The van der Waals surface area contributed by atoms with E-state index < -0.39 is 15.9 Å². The zero-order valence-corrected chi connectivity index (χ0v) is 16.0. The third-order valence-electron chi connectivity index (χ3n) is 3.60. The Morgan fingerprint density at radius 1 is 1.00 bits per heavy atom. The molecule has 0 aliphatic carbocycles. The van der Waals surface area contributed by atoms with Gasteiger partial charge in [0.15, 0.2) is 0 Å². The summed E-state index contributed by atoms with van der Waals surface area (Å²) in [5.74, 6) is -0.474. The van der Waals surface area contributed by atoms with Gasteiger partial charge in [-0.3, -0.25) is 4.79 Å². The van der Waals surface area contributed by atoms with Gasteiger partial charge in [0.1, 0.15) is 0 Å². The smallest absolute Gasteiger partial charge is 0.257 e. The maximum Gasteiger partial charge on any atom is 0.257 e. The molecule has 134 valence electrons. The van der Waals surface area contributed by atoms with Gasteiger partial charge in [-0.05, 0) is 42.5 Å². The zero-order valence-electron chi connectivity index (χ0n) is 14.4. The molecule has 0 aromatic heterocycles. The van der Waals surface area contributed by atoms with Crippen LogP contribution in [0.15, 0.2) is 47.4 Å². The van der Waals surface area contributed by atoms with E-state index in [1.54, 1.807) is 12.1 Å². The lowest BCUT2D eigenvalue weighted by molar-refractivity contribution is 0.102. The van der Waals surface area contributed by atoms with Gasteiger partial charge >= 0.3 is 0 Å². The van der Waals surface area contributed by atoms with Crippen LogP contribution in [0.2, 0.25) is 5.02 Å². The predicted octanol–water partition coefficient (Wildman–Crippen LogP) is 2.91. The third kappa shape index (κ3) is 4.31. The summed E-state index contributed by atoms with van der Waals surface area (Å²) in [5, 5.41) is 2.90. The number of halogens is 1. The molecule has 0 fully saturated rings. The van der Waals surface area contributed by atoms with Gasteiger partial charge in [-0.2, -0.15) is 0 Å². The Hall–Kier alpha value is -2.09. The molecule has 6 nitrogen and oxygen atoms in total. The summed E-state index contributed by atoms with van der Waals surface area (Å²) in [4.78, 5) is 14.4. The Labute approximate surface area is 153 Å². The molecule has 25 heavy (non-hydrogen) atoms. The molecule has 8 heteroatoms. The fourth-order valence-corrected chi connectivity index (χ4v) is 3.22. The molecular weight excluding hydrogens is 362 g/mol. The predicted molar refractivity (Wildman–Crippen MR) is 101 cm³/mol. The van der Waals surface area contributed by atoms with Crippen LogP contribution in [0.25, 0.3) is 0 Å². The molecule has 1 N–H and O–H groups in total. The molecule has 0 unspecified atom stereocenters. The molecule has 0 aliphatic heterocycles. The first-order chi connectivity index (χ1) is 11.6. The van der Waals surface area contributed by atoms with E-state index in [0.717, 1.165) is 9.99 Å². The van der Waals surface area contributed by atoms with Crippen molar-refractivity contribution >= 4 is 38.9 Å². The summed E-state index contributed by atoms with van der Waals surface area (Å²) >= 11 is 6.08. The summed E-state index contributed by atoms with van der Waals surface area (Å²) in [7, 11) is 3.05. The summed E-state index contributed by atoms with van der Waals surface area (Å²) < 4.78 is 25.5. The number of carbonyl (C=O) groups excluding carboxylic acids is 1. The van der Waals surface area contributed by atoms with Gasteiger partial charge in [-0.15, -0.1) is 0 Å². The molecule has 0 saturated carbocycles. The van der Waals surface area contributed by atoms with Crippen LogP contribution in [0.3, 0.4) is 0 Å². The number of hydrogen-bond acceptors (Lipinski definition) is 4. The topological polar surface area (TPSA) is 69.7 Å². The Bertz CT molecular complexity index is 879. The normalized spacial score (nSPS) is 11.4. The van der Waals surface area contributed by atoms with Crippen molar-refractivity contribution in [3.05, 3.63) is 53.1 Å². The van der Waals surface area contributed by atoms with Gasteiger partial charge in [0.05, 0.1) is 15.5 Å². The molecule has 0 radical (unpaired) electrons. The molecule has 0 aliphatic rings. The minimum Gasteiger partial charge on any atom is -0.378 e. The highest BCUT2D eigenvalue weighted by Gasteiger charge is 2.20. The van der Waals surface area contributed by atoms with Gasteiger partial charge in [-0.25, -0.2) is 12.7 Å². The van der Waals surface area contributed by atoms with Crippen molar-refractivity contribution in [2.75, 3.05) is 38.4 Å². The van der Waals surface area contributed by atoms with Crippen LogP contribution >= 0.6 is 11.6 Å². The fourth-order valence-electron chi connectivity index (χ4n) is 2.09. The fraction of sp³-hybridized carbons (Fsp3) is 0.235. The average Bonchev–Trinajstić information content (AvgIpc) is 2.55. The minimum atomic E-state index is -3.65. The molecule has 0 saturated heterocycles. The quantitative estimate of drug-likeness (QED) is 0.864. The van der Waals surface area contributed by atoms with Gasteiger partial charge < -0.3 is 10.2 Å². The number of sulfonamides is 1. The van der Waals surface area contributed by atoms with Gasteiger partial charge in [0, 0.05) is 39.6 Å². The number of amides is 1. The van der Waals surface area contributed by atoms with E-state index in [1.165, 1.54) is 32.3 Å². The molecule has 0 bridgehead atoms. The van der Waals surface area contributed by atoms with Crippen LogP contribution in [-0.4, -0.2) is 46.8 Å². The van der Waals surface area contributed by atoms with Crippen molar-refractivity contribution in [2.45, 2.75) is 4.90 Å². The van der Waals surface area contributed by atoms with Crippen LogP contribution in [0.5, 0.6) is 0 Å². The highest BCUT2D eigenvalue weighted by Crippen LogP contribution is 2.24. The van der Waals surface area contributed by atoms with Crippen LogP contribution in [0, 0.1) is 0 Å². The molecule has 2 aromatic carbocycles. The highest BCUT2D eigenvalue weighted by atomic mass is 35.5. The van der Waals surface area contributed by atoms with Gasteiger partial charge in [0.2, 0.25) is 10.0 Å². The lowest BCUT2D eigenvalue weighted by Gasteiger charge is -2.14. The van der Waals surface area contributed by atoms with Crippen LogP contribution < -0.4 is 10.2 Å². The molecule has 0 heterocycles. The van der Waals surface area contributed by atoms with Crippen molar-refractivity contribution in [3.63, 3.8) is 0 Å². The minimum absolute atomic E-state index is 0.00926. The van der Waals surface area contributed by atoms with Crippen molar-refractivity contribution in [3.8, 4) is 0 Å². The second kappa shape index (κ2) is 7.43. The summed E-state index contributed by atoms with van der Waals surface area (Å²) in [6, 6.07) is 11.3. The molecule has 0 spiro atoms. The lowest BCUT2D eigenvalue weighted by Crippen LogP contribution is -2.23. The van der Waals surface area contributed by atoms with Crippen molar-refractivity contribution in [1.82, 2.24) is 4.31 Å². The van der Waals surface area contributed by atoms with E-state index in [9.17, 15) is 13.2 Å². The number of anilines is 2. The number of rotatable bonds is 5. The second-order valence-corrected chi connectivity index (χ2v) is 8.38. The summed E-state index contributed by atoms with van der Waals surface area (Å²) in [6.07, 6.45) is 0. The Morgan fingerprint density at radius 2 is 1.60 bits per heavy atom.